The van der Waals surface area contributed by atoms with Crippen LogP contribution in [0.25, 0.3) is 6.08 Å². The van der Waals surface area contributed by atoms with Crippen LogP contribution in [-0.4, -0.2) is 26.8 Å². The Kier molecular flexibility index (Phi) is 4.65. The van der Waals surface area contributed by atoms with Crippen molar-refractivity contribution in [1.82, 2.24) is 5.32 Å². The summed E-state index contributed by atoms with van der Waals surface area (Å²) < 4.78 is 11.3. The zero-order chi connectivity index (χ0) is 12.8. The van der Waals surface area contributed by atoms with E-state index in [0.717, 1.165) is 44.1 Å². The summed E-state index contributed by atoms with van der Waals surface area (Å²) in [5.74, 6) is 1.72. The highest BCUT2D eigenvalue weighted by Gasteiger charge is 2.09. The van der Waals surface area contributed by atoms with Crippen molar-refractivity contribution in [2.75, 3.05) is 26.8 Å². The Morgan fingerprint density at radius 3 is 2.78 bits per heavy atom. The number of rotatable bonds is 4. The molecule has 1 N–H and O–H groups in total. The lowest BCUT2D eigenvalue weighted by Crippen LogP contribution is -2.09. The van der Waals surface area contributed by atoms with Gasteiger partial charge < -0.3 is 14.8 Å². The summed E-state index contributed by atoms with van der Waals surface area (Å²) in [5.41, 5.74) is 2.55. The maximum absolute atomic E-state index is 5.69. The Bertz CT molecular complexity index is 427. The van der Waals surface area contributed by atoms with Gasteiger partial charge in [0.05, 0.1) is 13.2 Å². The molecule has 1 aromatic rings. The number of ether oxygens (including phenoxy) is 2. The largest absolute Gasteiger partial charge is 0.490 e. The molecule has 3 nitrogen and oxygen atoms in total. The first-order chi connectivity index (χ1) is 8.83. The second-order valence-corrected chi connectivity index (χ2v) is 4.44. The summed E-state index contributed by atoms with van der Waals surface area (Å²) >= 11 is 0. The van der Waals surface area contributed by atoms with Gasteiger partial charge in [-0.3, -0.25) is 0 Å². The maximum Gasteiger partial charge on any atom is 0.161 e. The highest BCUT2D eigenvalue weighted by Crippen LogP contribution is 2.31. The lowest BCUT2D eigenvalue weighted by molar-refractivity contribution is 0.297. The predicted molar refractivity (Wildman–Crippen MR) is 74.2 cm³/mol. The average molecular weight is 247 g/mol. The molecule has 0 spiro atoms. The highest BCUT2D eigenvalue weighted by molar-refractivity contribution is 5.58. The summed E-state index contributed by atoms with van der Waals surface area (Å²) in [6, 6.07) is 6.14. The first kappa shape index (κ1) is 13.0. The minimum Gasteiger partial charge on any atom is -0.490 e. The van der Waals surface area contributed by atoms with Crippen LogP contribution in [0.2, 0.25) is 0 Å². The fourth-order valence-corrected chi connectivity index (χ4v) is 2.01. The summed E-state index contributed by atoms with van der Waals surface area (Å²) in [6.45, 7) is 4.57. The van der Waals surface area contributed by atoms with Crippen LogP contribution >= 0.6 is 0 Å². The van der Waals surface area contributed by atoms with E-state index in [1.165, 1.54) is 11.1 Å². The zero-order valence-electron chi connectivity index (χ0n) is 11.2. The van der Waals surface area contributed by atoms with E-state index >= 15 is 0 Å². The Hall–Kier alpha value is -1.48. The van der Waals surface area contributed by atoms with Crippen LogP contribution in [0.15, 0.2) is 23.8 Å². The van der Waals surface area contributed by atoms with E-state index in [0.29, 0.717) is 0 Å². The Morgan fingerprint density at radius 1 is 1.28 bits per heavy atom. The molecular weight excluding hydrogens is 226 g/mol. The average Bonchev–Trinajstić information content (AvgIpc) is 2.63. The second-order valence-electron chi connectivity index (χ2n) is 4.44. The van der Waals surface area contributed by atoms with Crippen LogP contribution in [0.3, 0.4) is 0 Å². The van der Waals surface area contributed by atoms with E-state index in [2.05, 4.69) is 30.4 Å². The molecule has 1 heterocycles. The first-order valence-electron chi connectivity index (χ1n) is 6.57. The molecule has 1 aliphatic rings. The van der Waals surface area contributed by atoms with Crippen molar-refractivity contribution in [3.63, 3.8) is 0 Å². The number of hydrogen-bond acceptors (Lipinski definition) is 3. The van der Waals surface area contributed by atoms with Gasteiger partial charge in [-0.25, -0.2) is 0 Å². The van der Waals surface area contributed by atoms with Gasteiger partial charge in [-0.05, 0) is 31.2 Å². The van der Waals surface area contributed by atoms with Gasteiger partial charge in [-0.2, -0.15) is 0 Å². The predicted octanol–water partition coefficient (Wildman–Crippen LogP) is 2.86. The molecule has 0 bridgehead atoms. The monoisotopic (exact) mass is 247 g/mol. The molecule has 2 rings (SSSR count). The van der Waals surface area contributed by atoms with Crippen LogP contribution in [0.5, 0.6) is 11.5 Å². The molecule has 0 unspecified atom stereocenters. The Labute approximate surface area is 109 Å². The molecule has 0 aromatic heterocycles. The van der Waals surface area contributed by atoms with E-state index < -0.39 is 0 Å². The molecule has 1 aromatic carbocycles. The molecule has 0 radical (unpaired) electrons. The van der Waals surface area contributed by atoms with E-state index in [1.807, 2.05) is 13.1 Å². The molecule has 0 saturated carbocycles. The smallest absolute Gasteiger partial charge is 0.161 e. The van der Waals surface area contributed by atoms with Crippen molar-refractivity contribution in [3.05, 3.63) is 29.3 Å². The summed E-state index contributed by atoms with van der Waals surface area (Å²) in [5, 5.41) is 3.19. The van der Waals surface area contributed by atoms with Gasteiger partial charge in [0.2, 0.25) is 0 Å². The molecule has 0 saturated heterocycles. The summed E-state index contributed by atoms with van der Waals surface area (Å²) in [6.07, 6.45) is 4.21. The van der Waals surface area contributed by atoms with Crippen molar-refractivity contribution >= 4 is 6.08 Å². The standard InChI is InChI=1S/C15H21NO2/c1-3-12(11-16-2)9-13-5-6-14-15(10-13)18-8-4-7-17-14/h5-6,9-10,16H,3-4,7-8,11H2,1-2H3. The third-order valence-corrected chi connectivity index (χ3v) is 3.00. The number of benzene rings is 1. The maximum atomic E-state index is 5.69. The van der Waals surface area contributed by atoms with Crippen molar-refractivity contribution < 1.29 is 9.47 Å². The van der Waals surface area contributed by atoms with Gasteiger partial charge in [0, 0.05) is 13.0 Å². The minimum absolute atomic E-state index is 0.733. The highest BCUT2D eigenvalue weighted by atomic mass is 16.5. The van der Waals surface area contributed by atoms with E-state index in [1.54, 1.807) is 0 Å². The quantitative estimate of drug-likeness (QED) is 0.887. The van der Waals surface area contributed by atoms with Gasteiger partial charge in [0.25, 0.3) is 0 Å². The fourth-order valence-electron chi connectivity index (χ4n) is 2.01. The number of fused-ring (bicyclic) bond motifs is 1. The Morgan fingerprint density at radius 2 is 2.06 bits per heavy atom. The molecule has 0 atom stereocenters. The van der Waals surface area contributed by atoms with Gasteiger partial charge >= 0.3 is 0 Å². The molecule has 0 amide bonds. The number of nitrogens with one attached hydrogen (secondary N) is 1. The third-order valence-electron chi connectivity index (χ3n) is 3.00. The SMILES string of the molecule is CCC(=Cc1ccc2c(c1)OCCCO2)CNC. The van der Waals surface area contributed by atoms with Crippen LogP contribution < -0.4 is 14.8 Å². The van der Waals surface area contributed by atoms with Crippen LogP contribution in [-0.2, 0) is 0 Å². The van der Waals surface area contributed by atoms with Gasteiger partial charge in [-0.15, -0.1) is 0 Å². The fraction of sp³-hybridized carbons (Fsp3) is 0.467. The molecule has 18 heavy (non-hydrogen) atoms. The second kappa shape index (κ2) is 6.45. The topological polar surface area (TPSA) is 30.5 Å². The van der Waals surface area contributed by atoms with E-state index in [-0.39, 0.29) is 0 Å². The van der Waals surface area contributed by atoms with Crippen molar-refractivity contribution in [1.29, 1.82) is 0 Å². The van der Waals surface area contributed by atoms with Crippen LogP contribution in [0, 0.1) is 0 Å². The number of likely N-dealkylation sites (N-methyl/N-ethyl adjacent to an activating group) is 1. The Balaban J connectivity index is 2.22. The summed E-state index contributed by atoms with van der Waals surface area (Å²) in [4.78, 5) is 0. The van der Waals surface area contributed by atoms with E-state index in [9.17, 15) is 0 Å². The van der Waals surface area contributed by atoms with Gasteiger partial charge in [-0.1, -0.05) is 24.6 Å². The van der Waals surface area contributed by atoms with Crippen molar-refractivity contribution in [3.8, 4) is 11.5 Å². The molecular formula is C15H21NO2. The lowest BCUT2D eigenvalue weighted by Gasteiger charge is -2.09. The first-order valence-corrected chi connectivity index (χ1v) is 6.57. The zero-order valence-corrected chi connectivity index (χ0v) is 11.2. The van der Waals surface area contributed by atoms with Crippen LogP contribution in [0.1, 0.15) is 25.3 Å². The molecule has 0 fully saturated rings. The van der Waals surface area contributed by atoms with Gasteiger partial charge in [0.1, 0.15) is 0 Å². The van der Waals surface area contributed by atoms with Gasteiger partial charge in [0.15, 0.2) is 11.5 Å². The summed E-state index contributed by atoms with van der Waals surface area (Å²) in [7, 11) is 1.97. The molecule has 98 valence electrons. The number of hydrogen-bond donors (Lipinski definition) is 1. The van der Waals surface area contributed by atoms with Crippen LogP contribution in [0.4, 0.5) is 0 Å². The minimum atomic E-state index is 0.733. The lowest BCUT2D eigenvalue weighted by atomic mass is 10.1. The molecule has 1 aliphatic heterocycles. The molecule has 0 aliphatic carbocycles. The molecule has 3 heteroatoms. The normalized spacial score (nSPS) is 15.3. The third kappa shape index (κ3) is 3.26. The van der Waals surface area contributed by atoms with Crippen molar-refractivity contribution in [2.45, 2.75) is 19.8 Å². The van der Waals surface area contributed by atoms with Crippen molar-refractivity contribution in [2.24, 2.45) is 0 Å². The van der Waals surface area contributed by atoms with E-state index in [4.69, 9.17) is 9.47 Å².